The fourth-order valence-corrected chi connectivity index (χ4v) is 4.76. The minimum atomic E-state index is -0.768. The minimum absolute atomic E-state index is 0.0746. The third-order valence-corrected chi connectivity index (χ3v) is 7.84. The van der Waals surface area contributed by atoms with Crippen LogP contribution in [0.2, 0.25) is 0 Å². The summed E-state index contributed by atoms with van der Waals surface area (Å²) in [5, 5.41) is 0. The van der Waals surface area contributed by atoms with Crippen molar-refractivity contribution in [1.29, 1.82) is 0 Å². The summed E-state index contributed by atoms with van der Waals surface area (Å²) in [5.74, 6) is 0. The number of thioether (sulfide) groups is 2. The third kappa shape index (κ3) is 8.52. The molecule has 0 amide bonds. The highest BCUT2D eigenvalue weighted by molar-refractivity contribution is 8.00. The number of hydrogen-bond donors (Lipinski definition) is 1. The Kier molecular flexibility index (Phi) is 11.8. The molecule has 3 atom stereocenters. The summed E-state index contributed by atoms with van der Waals surface area (Å²) >= 11 is 7.92. The highest BCUT2D eigenvalue weighted by Crippen LogP contribution is 2.32. The number of thiol groups is 1. The highest BCUT2D eigenvalue weighted by atomic mass is 32.2. The van der Waals surface area contributed by atoms with Gasteiger partial charge in [0.15, 0.2) is 0 Å². The Hall–Kier alpha value is -0.565. The molecule has 0 saturated carbocycles. The van der Waals surface area contributed by atoms with E-state index in [1.54, 1.807) is 23.5 Å². The van der Waals surface area contributed by atoms with Gasteiger partial charge in [-0.2, -0.15) is 0 Å². The third-order valence-electron chi connectivity index (χ3n) is 4.51. The predicted octanol–water partition coefficient (Wildman–Crippen LogP) is 7.36. The lowest BCUT2D eigenvalue weighted by atomic mass is 10.2. The smallest absolute Gasteiger partial charge is 0.374 e. The molecule has 0 bridgehead atoms. The Morgan fingerprint density at radius 3 is 1.53 bits per heavy atom. The fraction of sp³-hybridized carbons (Fsp3) is 0.478. The first-order valence-corrected chi connectivity index (χ1v) is 12.8. The summed E-state index contributed by atoms with van der Waals surface area (Å²) in [7, 11) is -0.768. The molecule has 3 unspecified atom stereocenters. The van der Waals surface area contributed by atoms with E-state index in [9.17, 15) is 0 Å². The van der Waals surface area contributed by atoms with E-state index in [2.05, 4.69) is 88.9 Å². The Balaban J connectivity index is 2.08. The normalized spacial score (nSPS) is 14.3. The van der Waals surface area contributed by atoms with Crippen LogP contribution in [0.3, 0.4) is 0 Å². The minimum Gasteiger partial charge on any atom is -0.374 e. The highest BCUT2D eigenvalue weighted by Gasteiger charge is 2.31. The van der Waals surface area contributed by atoms with Crippen LogP contribution in [0.1, 0.15) is 51.2 Å². The SMILES string of the molecule is CCC(S)OB(OC(CC)Sc1ccccc1C)OC(CC)Sc1ccccc1C. The molecule has 2 rings (SSSR count). The number of aryl methyl sites for hydroxylation is 2. The van der Waals surface area contributed by atoms with Crippen LogP contribution in [-0.2, 0) is 14.0 Å². The van der Waals surface area contributed by atoms with E-state index in [0.717, 1.165) is 19.3 Å². The molecule has 2 aromatic rings. The number of rotatable bonds is 13. The summed E-state index contributed by atoms with van der Waals surface area (Å²) in [6, 6.07) is 16.7. The Morgan fingerprint density at radius 2 is 1.17 bits per heavy atom. The van der Waals surface area contributed by atoms with E-state index in [1.807, 2.05) is 6.92 Å². The second-order valence-electron chi connectivity index (χ2n) is 7.00. The standard InChI is InChI=1S/C23H33BO3S3/c1-6-21(28)25-24(26-22(7-2)29-19-15-11-9-13-17(19)4)27-23(8-3)30-20-16-12-10-14-18(20)5/h9-16,21-23,28H,6-8H2,1-5H3. The molecule has 0 radical (unpaired) electrons. The average molecular weight is 465 g/mol. The number of benzene rings is 2. The van der Waals surface area contributed by atoms with Gasteiger partial charge in [0.25, 0.3) is 0 Å². The maximum Gasteiger partial charge on any atom is 0.641 e. The van der Waals surface area contributed by atoms with Crippen molar-refractivity contribution >= 4 is 43.5 Å². The van der Waals surface area contributed by atoms with Gasteiger partial charge in [0, 0.05) is 9.79 Å². The summed E-state index contributed by atoms with van der Waals surface area (Å²) < 4.78 is 18.6. The second kappa shape index (κ2) is 13.8. The molecule has 0 fully saturated rings. The van der Waals surface area contributed by atoms with Crippen LogP contribution in [0.15, 0.2) is 58.3 Å². The van der Waals surface area contributed by atoms with E-state index < -0.39 is 7.32 Å². The molecule has 2 aromatic carbocycles. The zero-order chi connectivity index (χ0) is 21.9. The molecule has 30 heavy (non-hydrogen) atoms. The molecule has 0 aliphatic rings. The van der Waals surface area contributed by atoms with Crippen LogP contribution in [0.5, 0.6) is 0 Å². The van der Waals surface area contributed by atoms with E-state index >= 15 is 0 Å². The molecule has 0 N–H and O–H groups in total. The van der Waals surface area contributed by atoms with Gasteiger partial charge in [0.1, 0.15) is 0 Å². The molecule has 0 saturated heterocycles. The lowest BCUT2D eigenvalue weighted by molar-refractivity contribution is 0.0670. The fourth-order valence-electron chi connectivity index (χ4n) is 2.64. The quantitative estimate of drug-likeness (QED) is 0.145. The van der Waals surface area contributed by atoms with Gasteiger partial charge >= 0.3 is 7.32 Å². The second-order valence-corrected chi connectivity index (χ2v) is 9.98. The van der Waals surface area contributed by atoms with Crippen LogP contribution < -0.4 is 0 Å². The first kappa shape index (κ1) is 25.7. The van der Waals surface area contributed by atoms with Crippen molar-refractivity contribution < 1.29 is 14.0 Å². The van der Waals surface area contributed by atoms with Crippen molar-refractivity contribution in [3.63, 3.8) is 0 Å². The summed E-state index contributed by atoms with van der Waals surface area (Å²) in [6.07, 6.45) is 2.45. The lowest BCUT2D eigenvalue weighted by Gasteiger charge is -2.26. The van der Waals surface area contributed by atoms with E-state index in [-0.39, 0.29) is 16.3 Å². The maximum atomic E-state index is 6.29. The summed E-state index contributed by atoms with van der Waals surface area (Å²) in [4.78, 5) is 2.42. The number of hydrogen-bond acceptors (Lipinski definition) is 6. The molecule has 0 aliphatic carbocycles. The van der Waals surface area contributed by atoms with Crippen molar-refractivity contribution in [3.05, 3.63) is 59.7 Å². The predicted molar refractivity (Wildman–Crippen MR) is 134 cm³/mol. The van der Waals surface area contributed by atoms with Crippen molar-refractivity contribution in [2.45, 2.75) is 80.0 Å². The van der Waals surface area contributed by atoms with Gasteiger partial charge in [-0.1, -0.05) is 80.7 Å². The molecule has 7 heteroatoms. The van der Waals surface area contributed by atoms with E-state index in [0.29, 0.717) is 0 Å². The van der Waals surface area contributed by atoms with Crippen LogP contribution in [0.4, 0.5) is 0 Å². The Labute approximate surface area is 196 Å². The lowest BCUT2D eigenvalue weighted by Crippen LogP contribution is -2.36. The molecule has 164 valence electrons. The van der Waals surface area contributed by atoms with Gasteiger partial charge < -0.3 is 14.0 Å². The van der Waals surface area contributed by atoms with E-state index in [4.69, 9.17) is 14.0 Å². The summed E-state index contributed by atoms with van der Waals surface area (Å²) in [5.41, 5.74) is 2.09. The Morgan fingerprint density at radius 1 is 0.733 bits per heavy atom. The largest absolute Gasteiger partial charge is 0.641 e. The molecule has 0 heterocycles. The van der Waals surface area contributed by atoms with Gasteiger partial charge in [-0.3, -0.25) is 0 Å². The van der Waals surface area contributed by atoms with Crippen LogP contribution in [-0.4, -0.2) is 23.6 Å². The molecule has 0 aliphatic heterocycles. The zero-order valence-corrected chi connectivity index (χ0v) is 21.1. The monoisotopic (exact) mass is 464 g/mol. The van der Waals surface area contributed by atoms with Gasteiger partial charge in [0.05, 0.1) is 16.3 Å². The Bertz CT molecular complexity index is 704. The molecular formula is C23H33BO3S3. The van der Waals surface area contributed by atoms with Crippen LogP contribution in [0.25, 0.3) is 0 Å². The van der Waals surface area contributed by atoms with Gasteiger partial charge in [-0.15, -0.1) is 12.6 Å². The zero-order valence-electron chi connectivity index (χ0n) is 18.5. The molecule has 3 nitrogen and oxygen atoms in total. The van der Waals surface area contributed by atoms with E-state index in [1.165, 1.54) is 20.9 Å². The van der Waals surface area contributed by atoms with Crippen molar-refractivity contribution in [2.75, 3.05) is 0 Å². The topological polar surface area (TPSA) is 27.7 Å². The molecule has 0 aromatic heterocycles. The average Bonchev–Trinajstić information content (AvgIpc) is 2.75. The first-order valence-electron chi connectivity index (χ1n) is 10.6. The van der Waals surface area contributed by atoms with Crippen molar-refractivity contribution in [3.8, 4) is 0 Å². The molecule has 0 spiro atoms. The molecular weight excluding hydrogens is 431 g/mol. The van der Waals surface area contributed by atoms with Crippen molar-refractivity contribution in [2.24, 2.45) is 0 Å². The maximum absolute atomic E-state index is 6.29. The van der Waals surface area contributed by atoms with Crippen LogP contribution >= 0.6 is 36.2 Å². The van der Waals surface area contributed by atoms with Gasteiger partial charge in [-0.05, 0) is 56.4 Å². The van der Waals surface area contributed by atoms with Crippen molar-refractivity contribution in [1.82, 2.24) is 0 Å². The van der Waals surface area contributed by atoms with Gasteiger partial charge in [0.2, 0.25) is 0 Å². The van der Waals surface area contributed by atoms with Crippen LogP contribution in [0, 0.1) is 13.8 Å². The van der Waals surface area contributed by atoms with Gasteiger partial charge in [-0.25, -0.2) is 0 Å². The summed E-state index contributed by atoms with van der Waals surface area (Å²) in [6.45, 7) is 10.5. The first-order chi connectivity index (χ1) is 14.5.